The Labute approximate surface area is 200 Å². The van der Waals surface area contributed by atoms with Crippen molar-refractivity contribution in [2.75, 3.05) is 26.2 Å². The van der Waals surface area contributed by atoms with Crippen LogP contribution in [0.3, 0.4) is 0 Å². The molecular formula is C27H32N2O5. The summed E-state index contributed by atoms with van der Waals surface area (Å²) < 4.78 is 0. The molecule has 180 valence electrons. The summed E-state index contributed by atoms with van der Waals surface area (Å²) in [6.45, 7) is 7.33. The van der Waals surface area contributed by atoms with Gasteiger partial charge in [0.25, 0.3) is 5.91 Å². The van der Waals surface area contributed by atoms with Gasteiger partial charge in [-0.2, -0.15) is 0 Å². The molecule has 0 saturated carbocycles. The van der Waals surface area contributed by atoms with E-state index in [-0.39, 0.29) is 5.91 Å². The normalized spacial score (nSPS) is 16.3. The van der Waals surface area contributed by atoms with E-state index in [1.54, 1.807) is 0 Å². The number of hydrogen-bond acceptors (Lipinski definition) is 4. The molecule has 0 aliphatic carbocycles. The van der Waals surface area contributed by atoms with Crippen LogP contribution in [-0.4, -0.2) is 64.0 Å². The van der Waals surface area contributed by atoms with Gasteiger partial charge in [0, 0.05) is 37.3 Å². The first-order valence-corrected chi connectivity index (χ1v) is 11.6. The van der Waals surface area contributed by atoms with Gasteiger partial charge in [-0.1, -0.05) is 48.0 Å². The fourth-order valence-electron chi connectivity index (χ4n) is 4.46. The van der Waals surface area contributed by atoms with Crippen molar-refractivity contribution in [3.63, 3.8) is 0 Å². The molecule has 7 nitrogen and oxygen atoms in total. The molecule has 34 heavy (non-hydrogen) atoms. The lowest BCUT2D eigenvalue weighted by atomic mass is 9.96. The summed E-state index contributed by atoms with van der Waals surface area (Å²) in [7, 11) is 0. The van der Waals surface area contributed by atoms with E-state index in [4.69, 9.17) is 10.2 Å². The minimum atomic E-state index is -1.26. The maximum atomic E-state index is 12.5. The second-order valence-electron chi connectivity index (χ2n) is 8.88. The van der Waals surface area contributed by atoms with Crippen LogP contribution >= 0.6 is 0 Å². The van der Waals surface area contributed by atoms with Crippen LogP contribution in [0.2, 0.25) is 0 Å². The predicted octanol–water partition coefficient (Wildman–Crippen LogP) is 3.62. The maximum Gasteiger partial charge on any atom is 0.328 e. The highest BCUT2D eigenvalue weighted by Crippen LogP contribution is 2.26. The SMILES string of the molecule is Cc1cccc(CCN2CCC(CN3Cc4ccccc4C3=O)CC2)c1.O=C(O)C=CC(=O)O. The van der Waals surface area contributed by atoms with E-state index in [9.17, 15) is 14.4 Å². The molecule has 2 aliphatic heterocycles. The molecule has 2 N–H and O–H groups in total. The lowest BCUT2D eigenvalue weighted by molar-refractivity contribution is -0.134. The van der Waals surface area contributed by atoms with Gasteiger partial charge >= 0.3 is 11.9 Å². The van der Waals surface area contributed by atoms with Crippen LogP contribution in [0.4, 0.5) is 0 Å². The van der Waals surface area contributed by atoms with Crippen molar-refractivity contribution in [1.29, 1.82) is 0 Å². The zero-order valence-corrected chi connectivity index (χ0v) is 19.5. The van der Waals surface area contributed by atoms with Crippen LogP contribution in [0.5, 0.6) is 0 Å². The number of aryl methyl sites for hydroxylation is 1. The van der Waals surface area contributed by atoms with Gasteiger partial charge in [0.15, 0.2) is 0 Å². The van der Waals surface area contributed by atoms with Crippen LogP contribution in [0.15, 0.2) is 60.7 Å². The molecule has 2 aromatic carbocycles. The molecule has 4 rings (SSSR count). The fourth-order valence-corrected chi connectivity index (χ4v) is 4.46. The van der Waals surface area contributed by atoms with Crippen molar-refractivity contribution in [1.82, 2.24) is 9.80 Å². The number of likely N-dealkylation sites (tertiary alicyclic amines) is 1. The van der Waals surface area contributed by atoms with Crippen LogP contribution in [0.25, 0.3) is 0 Å². The monoisotopic (exact) mass is 464 g/mol. The van der Waals surface area contributed by atoms with Crippen molar-refractivity contribution in [3.05, 3.63) is 82.9 Å². The van der Waals surface area contributed by atoms with E-state index >= 15 is 0 Å². The molecule has 1 fully saturated rings. The van der Waals surface area contributed by atoms with Crippen molar-refractivity contribution < 1.29 is 24.6 Å². The Bertz CT molecular complexity index is 1020. The van der Waals surface area contributed by atoms with E-state index in [0.29, 0.717) is 18.1 Å². The summed E-state index contributed by atoms with van der Waals surface area (Å²) >= 11 is 0. The first-order chi connectivity index (χ1) is 16.3. The summed E-state index contributed by atoms with van der Waals surface area (Å²) in [5, 5.41) is 15.6. The number of fused-ring (bicyclic) bond motifs is 1. The Morgan fingerprint density at radius 2 is 1.68 bits per heavy atom. The van der Waals surface area contributed by atoms with Gasteiger partial charge in [-0.15, -0.1) is 0 Å². The molecule has 0 radical (unpaired) electrons. The molecule has 0 unspecified atom stereocenters. The summed E-state index contributed by atoms with van der Waals surface area (Å²) in [4.78, 5) is 36.3. The molecule has 2 aromatic rings. The second-order valence-corrected chi connectivity index (χ2v) is 8.88. The van der Waals surface area contributed by atoms with E-state index in [1.165, 1.54) is 29.5 Å². The Balaban J connectivity index is 0.000000350. The molecule has 0 atom stereocenters. The molecule has 0 spiro atoms. The average molecular weight is 465 g/mol. The number of carboxylic acids is 2. The average Bonchev–Trinajstić information content (AvgIpc) is 3.13. The molecular weight excluding hydrogens is 432 g/mol. The molecule has 2 heterocycles. The predicted molar refractivity (Wildman–Crippen MR) is 130 cm³/mol. The molecule has 1 amide bonds. The lowest BCUT2D eigenvalue weighted by Crippen LogP contribution is -2.39. The van der Waals surface area contributed by atoms with Gasteiger partial charge in [0.2, 0.25) is 0 Å². The minimum absolute atomic E-state index is 0.225. The third kappa shape index (κ3) is 7.56. The van der Waals surface area contributed by atoms with Crippen molar-refractivity contribution in [2.24, 2.45) is 5.92 Å². The number of piperidine rings is 1. The Morgan fingerprint density at radius 1 is 1.00 bits per heavy atom. The summed E-state index contributed by atoms with van der Waals surface area (Å²) in [5.41, 5.74) is 4.88. The number of aliphatic carboxylic acids is 2. The summed E-state index contributed by atoms with van der Waals surface area (Å²) in [6.07, 6.45) is 4.65. The maximum absolute atomic E-state index is 12.5. The number of carbonyl (C=O) groups is 3. The molecule has 7 heteroatoms. The topological polar surface area (TPSA) is 98.2 Å². The molecule has 1 saturated heterocycles. The van der Waals surface area contributed by atoms with Gasteiger partial charge in [0.05, 0.1) is 0 Å². The molecule has 0 bridgehead atoms. The van der Waals surface area contributed by atoms with E-state index < -0.39 is 11.9 Å². The summed E-state index contributed by atoms with van der Waals surface area (Å²) in [6, 6.07) is 16.9. The second kappa shape index (κ2) is 12.1. The third-order valence-electron chi connectivity index (χ3n) is 6.25. The zero-order valence-electron chi connectivity index (χ0n) is 19.5. The van der Waals surface area contributed by atoms with Crippen LogP contribution in [0.1, 0.15) is 39.9 Å². The largest absolute Gasteiger partial charge is 0.478 e. The Kier molecular flexibility index (Phi) is 8.99. The van der Waals surface area contributed by atoms with Crippen LogP contribution < -0.4 is 0 Å². The molecule has 0 aromatic heterocycles. The number of carbonyl (C=O) groups excluding carboxylic acids is 1. The van der Waals surface area contributed by atoms with Crippen molar-refractivity contribution in [2.45, 2.75) is 32.7 Å². The number of rotatable bonds is 7. The quantitative estimate of drug-likeness (QED) is 0.608. The fraction of sp³-hybridized carbons (Fsp3) is 0.370. The third-order valence-corrected chi connectivity index (χ3v) is 6.25. The van der Waals surface area contributed by atoms with Gasteiger partial charge in [-0.25, -0.2) is 9.59 Å². The lowest BCUT2D eigenvalue weighted by Gasteiger charge is -2.33. The Morgan fingerprint density at radius 3 is 2.29 bits per heavy atom. The van der Waals surface area contributed by atoms with Gasteiger partial charge in [-0.05, 0) is 62.4 Å². The standard InChI is InChI=1S/C23H28N2O.C4H4O4/c1-18-5-4-6-19(15-18)9-12-24-13-10-20(11-14-24)16-25-17-21-7-2-3-8-22(21)23(25)26;5-3(6)1-2-4(7)8/h2-8,15,20H,9-14,16-17H2,1H3;1-2H,(H,5,6)(H,7,8). The van der Waals surface area contributed by atoms with E-state index in [2.05, 4.69) is 47.1 Å². The number of hydrogen-bond donors (Lipinski definition) is 2. The van der Waals surface area contributed by atoms with Gasteiger partial charge in [-0.3, -0.25) is 4.79 Å². The highest BCUT2D eigenvalue weighted by Gasteiger charge is 2.29. The summed E-state index contributed by atoms with van der Waals surface area (Å²) in [5.74, 6) is -1.65. The zero-order chi connectivity index (χ0) is 24.5. The van der Waals surface area contributed by atoms with E-state index in [0.717, 1.165) is 44.7 Å². The minimum Gasteiger partial charge on any atom is -0.478 e. The van der Waals surface area contributed by atoms with Crippen molar-refractivity contribution >= 4 is 17.8 Å². The Hall–Kier alpha value is -3.45. The first-order valence-electron chi connectivity index (χ1n) is 11.6. The first kappa shape index (κ1) is 25.2. The van der Waals surface area contributed by atoms with E-state index in [1.807, 2.05) is 18.2 Å². The molecule has 2 aliphatic rings. The highest BCUT2D eigenvalue weighted by molar-refractivity contribution is 5.98. The van der Waals surface area contributed by atoms with Gasteiger partial charge < -0.3 is 20.0 Å². The van der Waals surface area contributed by atoms with Crippen LogP contribution in [-0.2, 0) is 22.6 Å². The number of benzene rings is 2. The number of carboxylic acid groups (broad SMARTS) is 2. The van der Waals surface area contributed by atoms with Crippen molar-refractivity contribution in [3.8, 4) is 0 Å². The number of nitrogens with zero attached hydrogens (tertiary/aromatic N) is 2. The van der Waals surface area contributed by atoms with Gasteiger partial charge in [0.1, 0.15) is 0 Å². The van der Waals surface area contributed by atoms with Crippen LogP contribution in [0, 0.1) is 12.8 Å². The number of amides is 1. The smallest absolute Gasteiger partial charge is 0.328 e. The highest BCUT2D eigenvalue weighted by atomic mass is 16.4.